The summed E-state index contributed by atoms with van der Waals surface area (Å²) in [5.41, 5.74) is 6.97. The second-order valence-electron chi connectivity index (χ2n) is 7.44. The van der Waals surface area contributed by atoms with E-state index in [0.29, 0.717) is 5.56 Å². The van der Waals surface area contributed by atoms with Gasteiger partial charge < -0.3 is 0 Å². The molecule has 1 fully saturated rings. The summed E-state index contributed by atoms with van der Waals surface area (Å²) in [7, 11) is 0. The van der Waals surface area contributed by atoms with E-state index in [0.717, 1.165) is 58.4 Å². The second kappa shape index (κ2) is 8.41. The van der Waals surface area contributed by atoms with E-state index in [1.807, 2.05) is 35.3 Å². The van der Waals surface area contributed by atoms with Crippen molar-refractivity contribution < 1.29 is 4.79 Å². The smallest absolute Gasteiger partial charge is 0.265 e. The molecule has 2 aliphatic heterocycles. The highest BCUT2D eigenvalue weighted by molar-refractivity contribution is 7.99. The highest BCUT2D eigenvalue weighted by Gasteiger charge is 2.22. The van der Waals surface area contributed by atoms with Crippen LogP contribution in [0.15, 0.2) is 63.7 Å². The minimum Gasteiger partial charge on any atom is -0.285 e. The summed E-state index contributed by atoms with van der Waals surface area (Å²) in [6.45, 7) is 1.80. The molecule has 152 valence electrons. The second-order valence-corrected chi connectivity index (χ2v) is 8.52. The van der Waals surface area contributed by atoms with Gasteiger partial charge in [-0.3, -0.25) is 20.3 Å². The highest BCUT2D eigenvalue weighted by atomic mass is 32.2. The number of nitrogens with zero attached hydrogens (tertiary/aromatic N) is 4. The lowest BCUT2D eigenvalue weighted by molar-refractivity contribution is 0.0794. The Balaban J connectivity index is 1.48. The van der Waals surface area contributed by atoms with Crippen LogP contribution < -0.4 is 5.43 Å². The fourth-order valence-electron chi connectivity index (χ4n) is 3.75. The largest absolute Gasteiger partial charge is 0.285 e. The molecule has 5 rings (SSSR count). The van der Waals surface area contributed by atoms with Gasteiger partial charge in [-0.25, -0.2) is 10.0 Å². The Morgan fingerprint density at radius 3 is 2.73 bits per heavy atom. The van der Waals surface area contributed by atoms with E-state index in [1.54, 1.807) is 30.4 Å². The van der Waals surface area contributed by atoms with Crippen LogP contribution in [0.3, 0.4) is 0 Å². The van der Waals surface area contributed by atoms with Crippen molar-refractivity contribution in [1.29, 1.82) is 0 Å². The minimum absolute atomic E-state index is 0.0905. The number of amides is 1. The Hall–Kier alpha value is -2.97. The number of pyridine rings is 1. The van der Waals surface area contributed by atoms with Crippen LogP contribution >= 0.6 is 11.8 Å². The first kappa shape index (κ1) is 19.0. The van der Waals surface area contributed by atoms with Gasteiger partial charge in [0.2, 0.25) is 0 Å². The number of carbonyl (C=O) groups is 1. The number of rotatable bonds is 3. The van der Waals surface area contributed by atoms with E-state index in [1.165, 1.54) is 12.8 Å². The van der Waals surface area contributed by atoms with Crippen molar-refractivity contribution in [2.75, 3.05) is 13.1 Å². The van der Waals surface area contributed by atoms with E-state index in [2.05, 4.69) is 20.6 Å². The fourth-order valence-corrected chi connectivity index (χ4v) is 4.68. The number of H-pyrrole nitrogens is 1. The number of fused-ring (bicyclic) bond motifs is 2. The highest BCUT2D eigenvalue weighted by Crippen LogP contribution is 2.40. The van der Waals surface area contributed by atoms with Crippen LogP contribution in [0, 0.1) is 0 Å². The molecule has 0 aliphatic carbocycles. The maximum atomic E-state index is 12.9. The van der Waals surface area contributed by atoms with Crippen LogP contribution in [0.5, 0.6) is 0 Å². The topological polar surface area (TPSA) is 86.3 Å². The van der Waals surface area contributed by atoms with Crippen molar-refractivity contribution in [2.45, 2.75) is 35.5 Å². The van der Waals surface area contributed by atoms with E-state index < -0.39 is 0 Å². The summed E-state index contributed by atoms with van der Waals surface area (Å²) in [6.07, 6.45) is 10.0. The molecule has 3 aromatic rings. The number of carbonyl (C=O) groups excluding carboxylic acids is 1. The van der Waals surface area contributed by atoms with Crippen molar-refractivity contribution in [2.24, 2.45) is 4.99 Å². The van der Waals surface area contributed by atoms with Gasteiger partial charge in [-0.2, -0.15) is 5.10 Å². The third-order valence-corrected chi connectivity index (χ3v) is 6.41. The van der Waals surface area contributed by atoms with Gasteiger partial charge >= 0.3 is 0 Å². The zero-order valence-electron chi connectivity index (χ0n) is 16.5. The van der Waals surface area contributed by atoms with Crippen molar-refractivity contribution in [1.82, 2.24) is 25.6 Å². The van der Waals surface area contributed by atoms with Gasteiger partial charge in [0.15, 0.2) is 0 Å². The maximum absolute atomic E-state index is 12.9. The van der Waals surface area contributed by atoms with Crippen LogP contribution in [-0.2, 0) is 0 Å². The van der Waals surface area contributed by atoms with Crippen LogP contribution in [0.4, 0.5) is 5.69 Å². The molecule has 0 unspecified atom stereocenters. The number of aliphatic imine (C=N–C) groups is 1. The SMILES string of the molecule is O=C(NN1CCCCCC1)c1ccc2c(c1)N=C(c1cccnc1)c1[nH]ncc1S2. The number of hydrazine groups is 1. The molecule has 0 spiro atoms. The maximum Gasteiger partial charge on any atom is 0.265 e. The third kappa shape index (κ3) is 3.88. The third-order valence-electron chi connectivity index (χ3n) is 5.32. The number of aromatic nitrogens is 3. The molecular weight excluding hydrogens is 396 g/mol. The standard InChI is InChI=1S/C22H22N6OS/c29-22(27-28-10-3-1-2-4-11-28)15-7-8-18-17(12-15)25-20(16-6-5-9-23-13-16)21-19(30-18)14-24-26-21/h5-9,12-14H,1-4,10-11H2,(H,24,26)(H,27,29). The molecule has 0 bridgehead atoms. The number of hydrogen-bond acceptors (Lipinski definition) is 6. The lowest BCUT2D eigenvalue weighted by Gasteiger charge is -2.21. The molecule has 8 heteroatoms. The van der Waals surface area contributed by atoms with Gasteiger partial charge in [0, 0.05) is 41.5 Å². The van der Waals surface area contributed by atoms with Crippen molar-refractivity contribution in [3.05, 3.63) is 65.7 Å². The summed E-state index contributed by atoms with van der Waals surface area (Å²) in [5, 5.41) is 9.30. The van der Waals surface area contributed by atoms with Crippen LogP contribution in [-0.4, -0.2) is 44.9 Å². The molecule has 1 saturated heterocycles. The number of aromatic amines is 1. The number of hydrogen-bond donors (Lipinski definition) is 2. The van der Waals surface area contributed by atoms with Crippen LogP contribution in [0.2, 0.25) is 0 Å². The van der Waals surface area contributed by atoms with E-state index in [9.17, 15) is 4.79 Å². The molecule has 2 aromatic heterocycles. The summed E-state index contributed by atoms with van der Waals surface area (Å²) in [4.78, 5) is 24.0. The zero-order valence-corrected chi connectivity index (χ0v) is 17.3. The molecule has 0 radical (unpaired) electrons. The van der Waals surface area contributed by atoms with Gasteiger partial charge in [0.05, 0.1) is 28.2 Å². The summed E-state index contributed by atoms with van der Waals surface area (Å²) in [6, 6.07) is 9.55. The summed E-state index contributed by atoms with van der Waals surface area (Å²) < 4.78 is 0. The molecule has 1 aromatic carbocycles. The molecular formula is C22H22N6OS. The minimum atomic E-state index is -0.0905. The van der Waals surface area contributed by atoms with Crippen LogP contribution in [0.1, 0.15) is 47.3 Å². The first-order valence-electron chi connectivity index (χ1n) is 10.2. The van der Waals surface area contributed by atoms with Gasteiger partial charge in [-0.1, -0.05) is 24.6 Å². The van der Waals surface area contributed by atoms with Crippen molar-refractivity contribution >= 4 is 29.1 Å². The van der Waals surface area contributed by atoms with E-state index in [4.69, 9.17) is 4.99 Å². The van der Waals surface area contributed by atoms with Gasteiger partial charge in [-0.15, -0.1) is 0 Å². The van der Waals surface area contributed by atoms with Gasteiger partial charge in [-0.05, 0) is 43.2 Å². The molecule has 1 amide bonds. The molecule has 30 heavy (non-hydrogen) atoms. The van der Waals surface area contributed by atoms with Gasteiger partial charge in [0.25, 0.3) is 5.91 Å². The number of nitrogens with one attached hydrogen (secondary N) is 2. The van der Waals surface area contributed by atoms with Crippen LogP contribution in [0.25, 0.3) is 0 Å². The Morgan fingerprint density at radius 1 is 1.07 bits per heavy atom. The Labute approximate surface area is 179 Å². The molecule has 0 saturated carbocycles. The molecule has 7 nitrogen and oxygen atoms in total. The average molecular weight is 419 g/mol. The zero-order chi connectivity index (χ0) is 20.3. The first-order chi connectivity index (χ1) is 14.8. The lowest BCUT2D eigenvalue weighted by atomic mass is 10.1. The predicted octanol–water partition coefficient (Wildman–Crippen LogP) is 3.96. The monoisotopic (exact) mass is 418 g/mol. The molecule has 2 N–H and O–H groups in total. The first-order valence-corrected chi connectivity index (χ1v) is 11.0. The predicted molar refractivity (Wildman–Crippen MR) is 116 cm³/mol. The van der Waals surface area contributed by atoms with Crippen molar-refractivity contribution in [3.8, 4) is 0 Å². The van der Waals surface area contributed by atoms with Crippen molar-refractivity contribution in [3.63, 3.8) is 0 Å². The van der Waals surface area contributed by atoms with E-state index in [-0.39, 0.29) is 5.91 Å². The average Bonchev–Trinajstić information content (AvgIpc) is 2.99. The molecule has 0 atom stereocenters. The summed E-state index contributed by atoms with van der Waals surface area (Å²) >= 11 is 1.60. The lowest BCUT2D eigenvalue weighted by Crippen LogP contribution is -2.42. The molecule has 4 heterocycles. The normalized spacial score (nSPS) is 16.6. The Morgan fingerprint density at radius 2 is 1.93 bits per heavy atom. The molecule has 2 aliphatic rings. The fraction of sp³-hybridized carbons (Fsp3) is 0.273. The summed E-state index contributed by atoms with van der Waals surface area (Å²) in [5.74, 6) is -0.0905. The Kier molecular flexibility index (Phi) is 5.33. The van der Waals surface area contributed by atoms with Gasteiger partial charge in [0.1, 0.15) is 0 Å². The quantitative estimate of drug-likeness (QED) is 0.526. The Bertz CT molecular complexity index is 1090. The van der Waals surface area contributed by atoms with E-state index >= 15 is 0 Å². The number of benzene rings is 1.